The van der Waals surface area contributed by atoms with Crippen LogP contribution in [0.2, 0.25) is 0 Å². The topological polar surface area (TPSA) is 53.4 Å². The van der Waals surface area contributed by atoms with Gasteiger partial charge in [0.15, 0.2) is 3.95 Å². The number of hydrogen-bond acceptors (Lipinski definition) is 5. The summed E-state index contributed by atoms with van der Waals surface area (Å²) in [7, 11) is 0. The van der Waals surface area contributed by atoms with Gasteiger partial charge in [0.2, 0.25) is 4.96 Å². The normalized spacial score (nSPS) is 15.0. The molecule has 0 fully saturated rings. The molecule has 0 spiro atoms. The molecule has 23 heavy (non-hydrogen) atoms. The fourth-order valence-electron chi connectivity index (χ4n) is 3.00. The second-order valence-corrected chi connectivity index (χ2v) is 7.37. The van der Waals surface area contributed by atoms with E-state index < -0.39 is 0 Å². The standard InChI is InChI=1S/C16H16N4OS2/c21-14-12-10-19(8-6-11-4-2-1-3-5-11)9-7-13(12)17-15-20(14)18-16(22)23-15/h1-5H,6-10H2,(H,18,22). The molecule has 3 heterocycles. The molecule has 0 bridgehead atoms. The lowest BCUT2D eigenvalue weighted by molar-refractivity contribution is 0.253. The minimum Gasteiger partial charge on any atom is -0.298 e. The first kappa shape index (κ1) is 14.7. The number of aromatic amines is 1. The molecule has 3 aromatic rings. The number of fused-ring (bicyclic) bond motifs is 2. The van der Waals surface area contributed by atoms with Crippen molar-refractivity contribution in [2.75, 3.05) is 13.1 Å². The van der Waals surface area contributed by atoms with Crippen LogP contribution in [0.5, 0.6) is 0 Å². The minimum atomic E-state index is -0.0123. The van der Waals surface area contributed by atoms with Crippen molar-refractivity contribution in [1.82, 2.24) is 19.5 Å². The van der Waals surface area contributed by atoms with Crippen LogP contribution in [0.1, 0.15) is 16.8 Å². The van der Waals surface area contributed by atoms with Crippen LogP contribution in [0.25, 0.3) is 4.96 Å². The summed E-state index contributed by atoms with van der Waals surface area (Å²) in [4.78, 5) is 20.2. The summed E-state index contributed by atoms with van der Waals surface area (Å²) < 4.78 is 2.06. The van der Waals surface area contributed by atoms with Gasteiger partial charge in [-0.25, -0.2) is 4.98 Å². The summed E-state index contributed by atoms with van der Waals surface area (Å²) in [6.45, 7) is 2.55. The van der Waals surface area contributed by atoms with Gasteiger partial charge in [-0.15, -0.1) is 0 Å². The molecule has 1 aromatic carbocycles. The second-order valence-electron chi connectivity index (χ2n) is 5.72. The molecule has 1 aliphatic rings. The van der Waals surface area contributed by atoms with Gasteiger partial charge in [-0.05, 0) is 24.2 Å². The molecule has 0 saturated heterocycles. The predicted octanol–water partition coefficient (Wildman–Crippen LogP) is 2.41. The lowest BCUT2D eigenvalue weighted by Crippen LogP contribution is -2.37. The van der Waals surface area contributed by atoms with Gasteiger partial charge in [0.05, 0.1) is 11.3 Å². The molecule has 0 amide bonds. The van der Waals surface area contributed by atoms with Crippen molar-refractivity contribution in [2.24, 2.45) is 0 Å². The first-order chi connectivity index (χ1) is 11.2. The van der Waals surface area contributed by atoms with E-state index in [1.54, 1.807) is 0 Å². The summed E-state index contributed by atoms with van der Waals surface area (Å²) in [5.41, 5.74) is 3.04. The van der Waals surface area contributed by atoms with Gasteiger partial charge >= 0.3 is 0 Å². The van der Waals surface area contributed by atoms with Crippen molar-refractivity contribution >= 4 is 28.5 Å². The van der Waals surface area contributed by atoms with Gasteiger partial charge in [-0.2, -0.15) is 4.52 Å². The summed E-state index contributed by atoms with van der Waals surface area (Å²) in [5, 5.41) is 2.91. The number of H-pyrrole nitrogens is 1. The van der Waals surface area contributed by atoms with Crippen LogP contribution in [-0.4, -0.2) is 32.6 Å². The van der Waals surface area contributed by atoms with Gasteiger partial charge in [0, 0.05) is 26.1 Å². The monoisotopic (exact) mass is 344 g/mol. The van der Waals surface area contributed by atoms with Gasteiger partial charge < -0.3 is 0 Å². The maximum Gasteiger partial charge on any atom is 0.278 e. The van der Waals surface area contributed by atoms with Crippen molar-refractivity contribution in [3.05, 3.63) is 61.5 Å². The highest BCUT2D eigenvalue weighted by Crippen LogP contribution is 2.17. The zero-order valence-corrected chi connectivity index (χ0v) is 14.1. The molecule has 118 valence electrons. The van der Waals surface area contributed by atoms with Crippen molar-refractivity contribution in [1.29, 1.82) is 0 Å². The van der Waals surface area contributed by atoms with Gasteiger partial charge in [0.25, 0.3) is 5.56 Å². The van der Waals surface area contributed by atoms with Gasteiger partial charge in [-0.3, -0.25) is 14.8 Å². The third-order valence-electron chi connectivity index (χ3n) is 4.22. The Morgan fingerprint density at radius 2 is 2.13 bits per heavy atom. The van der Waals surface area contributed by atoms with E-state index in [-0.39, 0.29) is 5.56 Å². The van der Waals surface area contributed by atoms with Crippen LogP contribution < -0.4 is 5.56 Å². The summed E-state index contributed by atoms with van der Waals surface area (Å²) >= 11 is 6.46. The first-order valence-electron chi connectivity index (χ1n) is 7.60. The molecule has 0 aliphatic carbocycles. The molecule has 7 heteroatoms. The Morgan fingerprint density at radius 3 is 2.96 bits per heavy atom. The van der Waals surface area contributed by atoms with Gasteiger partial charge in [-0.1, -0.05) is 41.7 Å². The number of nitrogens with one attached hydrogen (secondary N) is 1. The molecule has 2 aromatic heterocycles. The van der Waals surface area contributed by atoms with E-state index in [9.17, 15) is 4.79 Å². The third kappa shape index (κ3) is 2.87. The van der Waals surface area contributed by atoms with E-state index in [4.69, 9.17) is 12.2 Å². The maximum absolute atomic E-state index is 12.6. The average molecular weight is 344 g/mol. The van der Waals surface area contributed by atoms with Crippen molar-refractivity contribution in [2.45, 2.75) is 19.4 Å². The van der Waals surface area contributed by atoms with Crippen LogP contribution >= 0.6 is 23.6 Å². The molecule has 1 N–H and O–H groups in total. The fourth-order valence-corrected chi connectivity index (χ4v) is 3.99. The molecule has 0 atom stereocenters. The number of nitrogens with zero attached hydrogens (tertiary/aromatic N) is 3. The highest BCUT2D eigenvalue weighted by atomic mass is 32.1. The number of aromatic nitrogens is 3. The van der Waals surface area contributed by atoms with Gasteiger partial charge in [0.1, 0.15) is 0 Å². The Kier molecular flexibility index (Phi) is 3.84. The average Bonchev–Trinajstić information content (AvgIpc) is 2.95. The van der Waals surface area contributed by atoms with Crippen molar-refractivity contribution < 1.29 is 0 Å². The maximum atomic E-state index is 12.6. The number of benzene rings is 1. The Labute approximate surface area is 142 Å². The SMILES string of the molecule is O=c1c2c(nc3sc(=S)[nH]n13)CCN(CCc1ccccc1)C2. The second kappa shape index (κ2) is 5.99. The molecule has 0 unspecified atom stereocenters. The van der Waals surface area contributed by atoms with Crippen LogP contribution in [-0.2, 0) is 19.4 Å². The fraction of sp³-hybridized carbons (Fsp3) is 0.312. The zero-order valence-electron chi connectivity index (χ0n) is 12.5. The Balaban J connectivity index is 1.58. The minimum absolute atomic E-state index is 0.0123. The molecular formula is C16H16N4OS2. The highest BCUT2D eigenvalue weighted by Gasteiger charge is 2.22. The van der Waals surface area contributed by atoms with Crippen LogP contribution in [0.4, 0.5) is 0 Å². The quantitative estimate of drug-likeness (QED) is 0.742. The van der Waals surface area contributed by atoms with Crippen LogP contribution in [0, 0.1) is 3.95 Å². The van der Waals surface area contributed by atoms with E-state index in [0.717, 1.165) is 37.2 Å². The summed E-state index contributed by atoms with van der Waals surface area (Å²) in [5.74, 6) is 0. The summed E-state index contributed by atoms with van der Waals surface area (Å²) in [6, 6.07) is 10.4. The van der Waals surface area contributed by atoms with Crippen LogP contribution in [0.3, 0.4) is 0 Å². The number of rotatable bonds is 3. The predicted molar refractivity (Wildman–Crippen MR) is 93.7 cm³/mol. The first-order valence-corrected chi connectivity index (χ1v) is 8.83. The van der Waals surface area contributed by atoms with E-state index >= 15 is 0 Å². The summed E-state index contributed by atoms with van der Waals surface area (Å²) in [6.07, 6.45) is 1.81. The van der Waals surface area contributed by atoms with E-state index in [1.807, 2.05) is 6.07 Å². The lowest BCUT2D eigenvalue weighted by atomic mass is 10.1. The Morgan fingerprint density at radius 1 is 1.30 bits per heavy atom. The lowest BCUT2D eigenvalue weighted by Gasteiger charge is -2.27. The molecule has 1 aliphatic heterocycles. The van der Waals surface area contributed by atoms with E-state index in [0.29, 0.717) is 15.5 Å². The zero-order chi connectivity index (χ0) is 15.8. The van der Waals surface area contributed by atoms with E-state index in [2.05, 4.69) is 39.2 Å². The Bertz CT molecular complexity index is 958. The van der Waals surface area contributed by atoms with Crippen molar-refractivity contribution in [3.8, 4) is 0 Å². The molecule has 0 saturated carbocycles. The molecule has 0 radical (unpaired) electrons. The third-order valence-corrected chi connectivity index (χ3v) is 5.30. The molecular weight excluding hydrogens is 328 g/mol. The molecule has 5 nitrogen and oxygen atoms in total. The van der Waals surface area contributed by atoms with Crippen molar-refractivity contribution in [3.63, 3.8) is 0 Å². The smallest absolute Gasteiger partial charge is 0.278 e. The van der Waals surface area contributed by atoms with E-state index in [1.165, 1.54) is 21.4 Å². The molecule has 4 rings (SSSR count). The number of hydrogen-bond donors (Lipinski definition) is 1. The highest BCUT2D eigenvalue weighted by molar-refractivity contribution is 7.73. The van der Waals surface area contributed by atoms with Crippen LogP contribution in [0.15, 0.2) is 35.1 Å². The largest absolute Gasteiger partial charge is 0.298 e. The Hall–Kier alpha value is -1.83.